The average Bonchev–Trinajstić information content (AvgIpc) is 1.79. The standard InChI is InChI=1S/C7H13NO3/c1-7(2,3)6(5-9)4-8(10)11/h5-6H,4H2,1-3H3/t6-/m0/s1. The maximum absolute atomic E-state index is 10.4. The van der Waals surface area contributed by atoms with Crippen molar-refractivity contribution in [3.63, 3.8) is 0 Å². The highest BCUT2D eigenvalue weighted by Crippen LogP contribution is 2.23. The van der Waals surface area contributed by atoms with Crippen LogP contribution in [-0.4, -0.2) is 17.8 Å². The van der Waals surface area contributed by atoms with E-state index < -0.39 is 10.8 Å². The Hall–Kier alpha value is -0.930. The predicted molar refractivity (Wildman–Crippen MR) is 40.9 cm³/mol. The Labute approximate surface area is 65.7 Å². The van der Waals surface area contributed by atoms with Gasteiger partial charge in [0, 0.05) is 4.92 Å². The molecule has 0 aliphatic carbocycles. The molecule has 0 unspecified atom stereocenters. The van der Waals surface area contributed by atoms with Crippen LogP contribution in [0.1, 0.15) is 20.8 Å². The van der Waals surface area contributed by atoms with E-state index in [-0.39, 0.29) is 12.0 Å². The summed E-state index contributed by atoms with van der Waals surface area (Å²) >= 11 is 0. The van der Waals surface area contributed by atoms with Gasteiger partial charge in [-0.05, 0) is 5.41 Å². The lowest BCUT2D eigenvalue weighted by Crippen LogP contribution is -2.28. The zero-order valence-corrected chi connectivity index (χ0v) is 7.03. The summed E-state index contributed by atoms with van der Waals surface area (Å²) in [4.78, 5) is 20.0. The van der Waals surface area contributed by atoms with Gasteiger partial charge in [-0.2, -0.15) is 0 Å². The van der Waals surface area contributed by atoms with E-state index in [1.165, 1.54) is 0 Å². The first-order valence-electron chi connectivity index (χ1n) is 3.45. The van der Waals surface area contributed by atoms with Crippen molar-refractivity contribution in [2.45, 2.75) is 20.8 Å². The van der Waals surface area contributed by atoms with Gasteiger partial charge in [0.15, 0.2) is 0 Å². The second-order valence-electron chi connectivity index (χ2n) is 3.62. The van der Waals surface area contributed by atoms with Gasteiger partial charge in [-0.1, -0.05) is 20.8 Å². The van der Waals surface area contributed by atoms with Gasteiger partial charge in [0.25, 0.3) is 0 Å². The zero-order valence-electron chi connectivity index (χ0n) is 7.03. The second kappa shape index (κ2) is 3.46. The molecular formula is C7H13NO3. The van der Waals surface area contributed by atoms with Crippen LogP contribution in [0.3, 0.4) is 0 Å². The largest absolute Gasteiger partial charge is 0.303 e. The maximum atomic E-state index is 10.4. The fourth-order valence-corrected chi connectivity index (χ4v) is 0.682. The minimum Gasteiger partial charge on any atom is -0.303 e. The van der Waals surface area contributed by atoms with Crippen molar-refractivity contribution in [2.75, 3.05) is 6.54 Å². The fourth-order valence-electron chi connectivity index (χ4n) is 0.682. The summed E-state index contributed by atoms with van der Waals surface area (Å²) in [5, 5.41) is 10.1. The number of nitro groups is 1. The predicted octanol–water partition coefficient (Wildman–Crippen LogP) is 1.12. The minimum atomic E-state index is -0.488. The van der Waals surface area contributed by atoms with E-state index >= 15 is 0 Å². The topological polar surface area (TPSA) is 60.2 Å². The van der Waals surface area contributed by atoms with Crippen LogP contribution in [0.2, 0.25) is 0 Å². The number of hydrogen-bond donors (Lipinski definition) is 0. The Balaban J connectivity index is 4.18. The summed E-state index contributed by atoms with van der Waals surface area (Å²) in [6, 6.07) is 0. The van der Waals surface area contributed by atoms with Crippen LogP contribution in [-0.2, 0) is 4.79 Å². The van der Waals surface area contributed by atoms with Crippen molar-refractivity contribution in [3.8, 4) is 0 Å². The number of nitrogens with zero attached hydrogens (tertiary/aromatic N) is 1. The molecule has 0 heterocycles. The first-order chi connectivity index (χ1) is 4.88. The third kappa shape index (κ3) is 3.70. The highest BCUT2D eigenvalue weighted by atomic mass is 16.6. The van der Waals surface area contributed by atoms with Gasteiger partial charge < -0.3 is 4.79 Å². The molecule has 11 heavy (non-hydrogen) atoms. The Morgan fingerprint density at radius 3 is 2.09 bits per heavy atom. The Morgan fingerprint density at radius 2 is 2.00 bits per heavy atom. The molecule has 0 aliphatic heterocycles. The normalized spacial score (nSPS) is 14.1. The maximum Gasteiger partial charge on any atom is 0.213 e. The summed E-state index contributed by atoms with van der Waals surface area (Å²) in [7, 11) is 0. The van der Waals surface area contributed by atoms with Crippen LogP contribution in [0.15, 0.2) is 0 Å². The lowest BCUT2D eigenvalue weighted by Gasteiger charge is -2.21. The molecule has 0 bridgehead atoms. The Bertz CT molecular complexity index is 160. The van der Waals surface area contributed by atoms with Gasteiger partial charge in [-0.25, -0.2) is 0 Å². The van der Waals surface area contributed by atoms with Gasteiger partial charge in [-0.3, -0.25) is 10.1 Å². The molecule has 1 atom stereocenters. The third-order valence-electron chi connectivity index (χ3n) is 1.62. The average molecular weight is 159 g/mol. The molecule has 0 rings (SSSR count). The van der Waals surface area contributed by atoms with E-state index in [1.54, 1.807) is 0 Å². The summed E-state index contributed by atoms with van der Waals surface area (Å²) in [5.74, 6) is -0.488. The quantitative estimate of drug-likeness (QED) is 0.352. The fraction of sp³-hybridized carbons (Fsp3) is 0.857. The minimum absolute atomic E-state index is 0.271. The van der Waals surface area contributed by atoms with Crippen molar-refractivity contribution >= 4 is 6.29 Å². The van der Waals surface area contributed by atoms with E-state index in [1.807, 2.05) is 20.8 Å². The van der Waals surface area contributed by atoms with E-state index in [9.17, 15) is 14.9 Å². The SMILES string of the molecule is CC(C)(C)[C@H](C=O)C[N+](=O)[O-]. The molecule has 4 nitrogen and oxygen atoms in total. The first kappa shape index (κ1) is 10.1. The molecule has 0 aromatic heterocycles. The number of carbonyl (C=O) groups excluding carboxylic acids is 1. The van der Waals surface area contributed by atoms with E-state index in [2.05, 4.69) is 0 Å². The number of rotatable bonds is 3. The lowest BCUT2D eigenvalue weighted by atomic mass is 9.82. The van der Waals surface area contributed by atoms with Crippen LogP contribution in [0.25, 0.3) is 0 Å². The van der Waals surface area contributed by atoms with Crippen LogP contribution < -0.4 is 0 Å². The molecule has 0 aromatic rings. The second-order valence-corrected chi connectivity index (χ2v) is 3.62. The summed E-state index contributed by atoms with van der Waals surface area (Å²) in [6.07, 6.45) is 0.656. The highest BCUT2D eigenvalue weighted by Gasteiger charge is 2.28. The molecule has 0 N–H and O–H groups in total. The summed E-state index contributed by atoms with van der Waals surface area (Å²) < 4.78 is 0. The van der Waals surface area contributed by atoms with Gasteiger partial charge in [0.1, 0.15) is 6.29 Å². The van der Waals surface area contributed by atoms with Crippen molar-refractivity contribution in [1.29, 1.82) is 0 Å². The Morgan fingerprint density at radius 1 is 1.55 bits per heavy atom. The summed E-state index contributed by atoms with van der Waals surface area (Å²) in [5.41, 5.74) is -0.311. The smallest absolute Gasteiger partial charge is 0.213 e. The summed E-state index contributed by atoms with van der Waals surface area (Å²) in [6.45, 7) is 5.17. The van der Waals surface area contributed by atoms with E-state index in [4.69, 9.17) is 0 Å². The van der Waals surface area contributed by atoms with Gasteiger partial charge in [-0.15, -0.1) is 0 Å². The van der Waals surface area contributed by atoms with Gasteiger partial charge in [0.2, 0.25) is 6.54 Å². The number of aldehydes is 1. The zero-order chi connectivity index (χ0) is 9.07. The van der Waals surface area contributed by atoms with Gasteiger partial charge >= 0.3 is 0 Å². The molecule has 0 aliphatic rings. The molecule has 0 spiro atoms. The molecule has 4 heteroatoms. The lowest BCUT2D eigenvalue weighted by molar-refractivity contribution is -0.488. The number of carbonyl (C=O) groups is 1. The van der Waals surface area contributed by atoms with Crippen LogP contribution in [0.4, 0.5) is 0 Å². The van der Waals surface area contributed by atoms with E-state index in [0.29, 0.717) is 6.29 Å². The molecule has 0 radical (unpaired) electrons. The molecule has 0 amide bonds. The molecule has 0 saturated heterocycles. The van der Waals surface area contributed by atoms with Crippen molar-refractivity contribution < 1.29 is 9.72 Å². The molecule has 64 valence electrons. The number of hydrogen-bond acceptors (Lipinski definition) is 3. The monoisotopic (exact) mass is 159 g/mol. The van der Waals surface area contributed by atoms with Crippen molar-refractivity contribution in [1.82, 2.24) is 0 Å². The third-order valence-corrected chi connectivity index (χ3v) is 1.62. The van der Waals surface area contributed by atoms with Crippen LogP contribution in [0.5, 0.6) is 0 Å². The molecule has 0 fully saturated rings. The van der Waals surface area contributed by atoms with Crippen molar-refractivity contribution in [3.05, 3.63) is 10.1 Å². The molecular weight excluding hydrogens is 146 g/mol. The highest BCUT2D eigenvalue weighted by molar-refractivity contribution is 5.54. The molecule has 0 aromatic carbocycles. The van der Waals surface area contributed by atoms with Crippen molar-refractivity contribution in [2.24, 2.45) is 11.3 Å². The van der Waals surface area contributed by atoms with Crippen LogP contribution in [0, 0.1) is 21.4 Å². The van der Waals surface area contributed by atoms with Gasteiger partial charge in [0.05, 0.1) is 5.92 Å². The molecule has 0 saturated carbocycles. The Kier molecular flexibility index (Phi) is 3.17. The van der Waals surface area contributed by atoms with E-state index in [0.717, 1.165) is 0 Å². The van der Waals surface area contributed by atoms with Crippen LogP contribution >= 0.6 is 0 Å². The first-order valence-corrected chi connectivity index (χ1v) is 3.45.